The third kappa shape index (κ3) is 9.18. The molecule has 0 fully saturated rings. The van der Waals surface area contributed by atoms with E-state index in [2.05, 4.69) is 28.2 Å². The quantitative estimate of drug-likeness (QED) is 0.356. The van der Waals surface area contributed by atoms with Gasteiger partial charge in [-0.15, -0.1) is 0 Å². The number of carbonyl (C=O) groups is 3. The Labute approximate surface area is 189 Å². The van der Waals surface area contributed by atoms with Gasteiger partial charge < -0.3 is 26.0 Å². The Morgan fingerprint density at radius 1 is 0.875 bits per heavy atom. The zero-order valence-electron chi connectivity index (χ0n) is 18.7. The van der Waals surface area contributed by atoms with Crippen molar-refractivity contribution in [3.8, 4) is 0 Å². The molecule has 172 valence electrons. The highest BCUT2D eigenvalue weighted by molar-refractivity contribution is 5.96. The maximum Gasteiger partial charge on any atom is 0.251 e. The Balaban J connectivity index is 1.79. The van der Waals surface area contributed by atoms with Crippen molar-refractivity contribution in [1.82, 2.24) is 5.32 Å². The van der Waals surface area contributed by atoms with Crippen LogP contribution in [-0.4, -0.2) is 44.5 Å². The lowest BCUT2D eigenvalue weighted by Crippen LogP contribution is -2.26. The monoisotopic (exact) mass is 440 g/mol. The van der Waals surface area contributed by atoms with Gasteiger partial charge in [0.2, 0.25) is 11.8 Å². The molecule has 4 N–H and O–H groups in total. The first-order valence-corrected chi connectivity index (χ1v) is 10.8. The minimum absolute atomic E-state index is 0.0283. The first-order chi connectivity index (χ1) is 15.5. The SMILES string of the molecule is CCCCCC(=O)Nc1cccc(NC(=O)CNc2ccc(C(=O)NCCOC)cc2)c1. The molecule has 3 amide bonds. The standard InChI is InChI=1S/C24H32N4O4/c1-3-4-5-9-22(29)27-20-7-6-8-21(16-20)28-23(30)17-26-19-12-10-18(11-13-19)24(31)25-14-15-32-2/h6-8,10-13,16,26H,3-5,9,14-15,17H2,1-2H3,(H,25,31)(H,27,29)(H,28,30). The highest BCUT2D eigenvalue weighted by Crippen LogP contribution is 2.16. The summed E-state index contributed by atoms with van der Waals surface area (Å²) in [6.45, 7) is 3.05. The van der Waals surface area contributed by atoms with E-state index in [0.29, 0.717) is 36.5 Å². The van der Waals surface area contributed by atoms with Crippen molar-refractivity contribution in [1.29, 1.82) is 0 Å². The van der Waals surface area contributed by atoms with Crippen LogP contribution >= 0.6 is 0 Å². The fourth-order valence-corrected chi connectivity index (χ4v) is 2.93. The van der Waals surface area contributed by atoms with Crippen LogP contribution in [0.2, 0.25) is 0 Å². The molecule has 8 nitrogen and oxygen atoms in total. The van der Waals surface area contributed by atoms with Crippen molar-refractivity contribution in [2.45, 2.75) is 32.6 Å². The number of methoxy groups -OCH3 is 1. The molecule has 0 spiro atoms. The van der Waals surface area contributed by atoms with Crippen LogP contribution in [0.4, 0.5) is 17.1 Å². The van der Waals surface area contributed by atoms with E-state index in [1.54, 1.807) is 55.6 Å². The third-order valence-corrected chi connectivity index (χ3v) is 4.63. The molecular weight excluding hydrogens is 408 g/mol. The number of hydrogen-bond donors (Lipinski definition) is 4. The fourth-order valence-electron chi connectivity index (χ4n) is 2.93. The van der Waals surface area contributed by atoms with Gasteiger partial charge in [-0.25, -0.2) is 0 Å². The van der Waals surface area contributed by atoms with Crippen molar-refractivity contribution in [3.63, 3.8) is 0 Å². The third-order valence-electron chi connectivity index (χ3n) is 4.63. The van der Waals surface area contributed by atoms with Crippen molar-refractivity contribution in [2.75, 3.05) is 42.8 Å². The minimum atomic E-state index is -0.224. The summed E-state index contributed by atoms with van der Waals surface area (Å²) in [6, 6.07) is 13.9. The molecule has 0 atom stereocenters. The average Bonchev–Trinajstić information content (AvgIpc) is 2.78. The Morgan fingerprint density at radius 3 is 2.22 bits per heavy atom. The zero-order chi connectivity index (χ0) is 23.2. The molecule has 2 aromatic carbocycles. The number of anilines is 3. The summed E-state index contributed by atoms with van der Waals surface area (Å²) in [4.78, 5) is 36.2. The maximum atomic E-state index is 12.3. The van der Waals surface area contributed by atoms with Gasteiger partial charge in [0.1, 0.15) is 0 Å². The Bertz CT molecular complexity index is 884. The lowest BCUT2D eigenvalue weighted by Gasteiger charge is -2.10. The smallest absolute Gasteiger partial charge is 0.251 e. The van der Waals surface area contributed by atoms with Crippen LogP contribution < -0.4 is 21.3 Å². The van der Waals surface area contributed by atoms with E-state index in [9.17, 15) is 14.4 Å². The molecule has 0 heterocycles. The topological polar surface area (TPSA) is 109 Å². The largest absolute Gasteiger partial charge is 0.383 e. The summed E-state index contributed by atoms with van der Waals surface area (Å²) >= 11 is 0. The predicted molar refractivity (Wildman–Crippen MR) is 127 cm³/mol. The van der Waals surface area contributed by atoms with Gasteiger partial charge in [0.15, 0.2) is 0 Å². The van der Waals surface area contributed by atoms with E-state index < -0.39 is 0 Å². The molecule has 2 rings (SSSR count). The molecule has 2 aromatic rings. The number of benzene rings is 2. The van der Waals surface area contributed by atoms with Crippen LogP contribution in [0.5, 0.6) is 0 Å². The van der Waals surface area contributed by atoms with Crippen LogP contribution in [0.25, 0.3) is 0 Å². The number of nitrogens with one attached hydrogen (secondary N) is 4. The van der Waals surface area contributed by atoms with E-state index in [-0.39, 0.29) is 24.3 Å². The Hall–Kier alpha value is -3.39. The van der Waals surface area contributed by atoms with E-state index >= 15 is 0 Å². The molecule has 8 heteroatoms. The van der Waals surface area contributed by atoms with Gasteiger partial charge in [-0.2, -0.15) is 0 Å². The molecule has 0 aliphatic rings. The summed E-state index contributed by atoms with van der Waals surface area (Å²) in [6.07, 6.45) is 3.45. The number of ether oxygens (including phenoxy) is 1. The minimum Gasteiger partial charge on any atom is -0.383 e. The van der Waals surface area contributed by atoms with Gasteiger partial charge in [0.05, 0.1) is 13.2 Å². The normalized spacial score (nSPS) is 10.3. The highest BCUT2D eigenvalue weighted by Gasteiger charge is 2.07. The van der Waals surface area contributed by atoms with Gasteiger partial charge >= 0.3 is 0 Å². The number of unbranched alkanes of at least 4 members (excludes halogenated alkanes) is 2. The average molecular weight is 441 g/mol. The van der Waals surface area contributed by atoms with E-state index in [4.69, 9.17) is 4.74 Å². The second-order valence-electron chi connectivity index (χ2n) is 7.31. The van der Waals surface area contributed by atoms with Crippen LogP contribution in [0.3, 0.4) is 0 Å². The fraction of sp³-hybridized carbons (Fsp3) is 0.375. The molecule has 0 aliphatic heterocycles. The van der Waals surface area contributed by atoms with Crippen molar-refractivity contribution in [3.05, 3.63) is 54.1 Å². The zero-order valence-corrected chi connectivity index (χ0v) is 18.7. The van der Waals surface area contributed by atoms with E-state index in [0.717, 1.165) is 24.9 Å². The lowest BCUT2D eigenvalue weighted by atomic mass is 10.2. The molecule has 0 bridgehead atoms. The molecule has 0 aromatic heterocycles. The first kappa shape index (κ1) is 24.9. The Kier molecular flexibility index (Phi) is 10.7. The number of hydrogen-bond acceptors (Lipinski definition) is 5. The molecule has 32 heavy (non-hydrogen) atoms. The number of carbonyl (C=O) groups excluding carboxylic acids is 3. The van der Waals surface area contributed by atoms with Crippen LogP contribution in [-0.2, 0) is 14.3 Å². The lowest BCUT2D eigenvalue weighted by molar-refractivity contribution is -0.116. The molecular formula is C24H32N4O4. The Morgan fingerprint density at radius 2 is 1.56 bits per heavy atom. The summed E-state index contributed by atoms with van der Waals surface area (Å²) in [5, 5.41) is 11.4. The summed E-state index contributed by atoms with van der Waals surface area (Å²) in [7, 11) is 1.58. The van der Waals surface area contributed by atoms with E-state index in [1.807, 2.05) is 0 Å². The van der Waals surface area contributed by atoms with Gasteiger partial charge in [-0.1, -0.05) is 25.8 Å². The summed E-state index contributed by atoms with van der Waals surface area (Å²) < 4.78 is 4.90. The van der Waals surface area contributed by atoms with Crippen LogP contribution in [0.1, 0.15) is 43.0 Å². The highest BCUT2D eigenvalue weighted by atomic mass is 16.5. The molecule has 0 saturated heterocycles. The first-order valence-electron chi connectivity index (χ1n) is 10.8. The second kappa shape index (κ2) is 13.8. The molecule has 0 aliphatic carbocycles. The van der Waals surface area contributed by atoms with Crippen LogP contribution in [0, 0.1) is 0 Å². The van der Waals surface area contributed by atoms with E-state index in [1.165, 1.54) is 0 Å². The van der Waals surface area contributed by atoms with Crippen molar-refractivity contribution in [2.24, 2.45) is 0 Å². The van der Waals surface area contributed by atoms with Crippen molar-refractivity contribution < 1.29 is 19.1 Å². The summed E-state index contributed by atoms with van der Waals surface area (Å²) in [5.41, 5.74) is 2.51. The molecule has 0 saturated carbocycles. The van der Waals surface area contributed by atoms with Crippen LogP contribution in [0.15, 0.2) is 48.5 Å². The molecule has 0 unspecified atom stereocenters. The van der Waals surface area contributed by atoms with Gasteiger partial charge in [0, 0.05) is 42.7 Å². The number of rotatable bonds is 13. The van der Waals surface area contributed by atoms with Crippen molar-refractivity contribution >= 4 is 34.8 Å². The van der Waals surface area contributed by atoms with Gasteiger partial charge in [-0.3, -0.25) is 14.4 Å². The predicted octanol–water partition coefficient (Wildman–Crippen LogP) is 3.63. The van der Waals surface area contributed by atoms with Gasteiger partial charge in [0.25, 0.3) is 5.91 Å². The number of amides is 3. The molecule has 0 radical (unpaired) electrons. The van der Waals surface area contributed by atoms with Gasteiger partial charge in [-0.05, 0) is 48.9 Å². The second-order valence-corrected chi connectivity index (χ2v) is 7.31. The maximum absolute atomic E-state index is 12.3. The summed E-state index contributed by atoms with van der Waals surface area (Å²) in [5.74, 6) is -0.430.